The molecule has 3 heterocycles. The average Bonchev–Trinajstić information content (AvgIpc) is 3.12. The van der Waals surface area contributed by atoms with Gasteiger partial charge in [0.05, 0.1) is 11.6 Å². The number of hydrogen-bond donors (Lipinski definition) is 2. The molecule has 0 aliphatic carbocycles. The minimum absolute atomic E-state index is 0.138. The zero-order valence-corrected chi connectivity index (χ0v) is 15.1. The number of hydrazine groups is 1. The molecule has 2 aliphatic rings. The second kappa shape index (κ2) is 7.00. The first kappa shape index (κ1) is 16.8. The minimum atomic E-state index is -0.174. The van der Waals surface area contributed by atoms with E-state index in [0.717, 1.165) is 37.1 Å². The number of nitrogens with zero attached hydrogens (tertiary/aromatic N) is 2. The molecule has 2 fully saturated rings. The van der Waals surface area contributed by atoms with Crippen molar-refractivity contribution < 1.29 is 4.39 Å². The topological polar surface area (TPSA) is 40.2 Å². The summed E-state index contributed by atoms with van der Waals surface area (Å²) in [6, 6.07) is 18.0. The van der Waals surface area contributed by atoms with E-state index in [1.165, 1.54) is 17.0 Å². The van der Waals surface area contributed by atoms with Crippen molar-refractivity contribution in [2.45, 2.75) is 25.0 Å². The van der Waals surface area contributed by atoms with Gasteiger partial charge in [-0.3, -0.25) is 15.3 Å². The number of para-hydroxylation sites is 1. The van der Waals surface area contributed by atoms with Crippen molar-refractivity contribution in [2.75, 3.05) is 13.1 Å². The molecule has 4 nitrogen and oxygen atoms in total. The van der Waals surface area contributed by atoms with Gasteiger partial charge in [-0.2, -0.15) is 0 Å². The van der Waals surface area contributed by atoms with Gasteiger partial charge in [0.15, 0.2) is 0 Å². The summed E-state index contributed by atoms with van der Waals surface area (Å²) < 4.78 is 13.7. The monoisotopic (exact) mass is 362 g/mol. The van der Waals surface area contributed by atoms with Crippen molar-refractivity contribution in [1.29, 1.82) is 0 Å². The van der Waals surface area contributed by atoms with Crippen molar-refractivity contribution in [3.8, 4) is 0 Å². The molecule has 2 N–H and O–H groups in total. The standard InChI is InChI=1S/C22H23FN4/c23-18-8-2-5-16(12-18)22-19-14-27(11-9-20(19)25-26-22)13-17-6-1-4-15-7-3-10-24-21(15)17/h1-8,10,12,19-20,22,25-26H,9,11,13-14H2. The molecule has 3 unspecified atom stereocenters. The van der Waals surface area contributed by atoms with Crippen LogP contribution in [0.3, 0.4) is 0 Å². The number of nitrogens with one attached hydrogen (secondary N) is 2. The van der Waals surface area contributed by atoms with Crippen LogP contribution in [0.25, 0.3) is 10.9 Å². The summed E-state index contributed by atoms with van der Waals surface area (Å²) in [6.07, 6.45) is 2.95. The number of likely N-dealkylation sites (tertiary alicyclic amines) is 1. The van der Waals surface area contributed by atoms with Crippen LogP contribution in [-0.2, 0) is 6.54 Å². The van der Waals surface area contributed by atoms with E-state index in [2.05, 4.69) is 45.0 Å². The zero-order valence-electron chi connectivity index (χ0n) is 15.1. The van der Waals surface area contributed by atoms with Gasteiger partial charge in [-0.1, -0.05) is 36.4 Å². The number of pyridine rings is 1. The molecule has 0 radical (unpaired) electrons. The number of fused-ring (bicyclic) bond motifs is 2. The van der Waals surface area contributed by atoms with Crippen molar-refractivity contribution in [1.82, 2.24) is 20.7 Å². The number of halogens is 1. The molecule has 0 amide bonds. The number of rotatable bonds is 3. The molecule has 1 aromatic heterocycles. The lowest BCUT2D eigenvalue weighted by molar-refractivity contribution is 0.148. The second-order valence-corrected chi connectivity index (χ2v) is 7.61. The highest BCUT2D eigenvalue weighted by atomic mass is 19.1. The Labute approximate surface area is 158 Å². The van der Waals surface area contributed by atoms with E-state index in [9.17, 15) is 4.39 Å². The maximum absolute atomic E-state index is 13.7. The Balaban J connectivity index is 1.37. The average molecular weight is 362 g/mol. The number of hydrogen-bond acceptors (Lipinski definition) is 4. The summed E-state index contributed by atoms with van der Waals surface area (Å²) in [4.78, 5) is 7.10. The minimum Gasteiger partial charge on any atom is -0.299 e. The fourth-order valence-corrected chi connectivity index (χ4v) is 4.58. The first-order chi connectivity index (χ1) is 13.3. The Morgan fingerprint density at radius 3 is 2.89 bits per heavy atom. The van der Waals surface area contributed by atoms with Crippen LogP contribution >= 0.6 is 0 Å². The molecular formula is C22H23FN4. The van der Waals surface area contributed by atoms with Gasteiger partial charge in [-0.15, -0.1) is 0 Å². The summed E-state index contributed by atoms with van der Waals surface area (Å²) in [5, 5.41) is 1.19. The Morgan fingerprint density at radius 2 is 1.96 bits per heavy atom. The van der Waals surface area contributed by atoms with E-state index in [4.69, 9.17) is 0 Å². The first-order valence-electron chi connectivity index (χ1n) is 9.59. The summed E-state index contributed by atoms with van der Waals surface area (Å²) in [7, 11) is 0. The van der Waals surface area contributed by atoms with Gasteiger partial charge < -0.3 is 0 Å². The fraction of sp³-hybridized carbons (Fsp3) is 0.318. The van der Waals surface area contributed by atoms with Gasteiger partial charge in [0.2, 0.25) is 0 Å². The Bertz CT molecular complexity index is 954. The van der Waals surface area contributed by atoms with Crippen LogP contribution < -0.4 is 10.9 Å². The van der Waals surface area contributed by atoms with Crippen LogP contribution in [0.4, 0.5) is 4.39 Å². The van der Waals surface area contributed by atoms with Gasteiger partial charge in [-0.05, 0) is 35.7 Å². The van der Waals surface area contributed by atoms with Crippen LogP contribution in [0.5, 0.6) is 0 Å². The Kier molecular flexibility index (Phi) is 4.36. The van der Waals surface area contributed by atoms with Crippen LogP contribution in [0.2, 0.25) is 0 Å². The van der Waals surface area contributed by atoms with E-state index < -0.39 is 0 Å². The predicted octanol–water partition coefficient (Wildman–Crippen LogP) is 3.41. The summed E-state index contributed by atoms with van der Waals surface area (Å²) >= 11 is 0. The van der Waals surface area contributed by atoms with Gasteiger partial charge in [0.1, 0.15) is 5.82 Å². The summed E-state index contributed by atoms with van der Waals surface area (Å²) in [6.45, 7) is 2.93. The molecule has 2 aromatic carbocycles. The zero-order chi connectivity index (χ0) is 18.2. The van der Waals surface area contributed by atoms with Crippen LogP contribution in [0.1, 0.15) is 23.6 Å². The largest absolute Gasteiger partial charge is 0.299 e. The summed E-state index contributed by atoms with van der Waals surface area (Å²) in [5.41, 5.74) is 10.2. The molecule has 0 spiro atoms. The number of piperidine rings is 1. The molecule has 3 atom stereocenters. The van der Waals surface area contributed by atoms with E-state index in [1.807, 2.05) is 18.3 Å². The third-order valence-corrected chi connectivity index (χ3v) is 5.91. The molecule has 3 aromatic rings. The van der Waals surface area contributed by atoms with E-state index >= 15 is 0 Å². The van der Waals surface area contributed by atoms with E-state index in [-0.39, 0.29) is 11.9 Å². The third-order valence-electron chi connectivity index (χ3n) is 5.91. The summed E-state index contributed by atoms with van der Waals surface area (Å²) in [5.74, 6) is 0.246. The SMILES string of the molecule is Fc1cccc(C2NNC3CCN(Cc4cccc5cccnc45)CC32)c1. The lowest BCUT2D eigenvalue weighted by Gasteiger charge is -2.36. The molecule has 2 saturated heterocycles. The van der Waals surface area contributed by atoms with Gasteiger partial charge in [0.25, 0.3) is 0 Å². The molecule has 5 rings (SSSR count). The lowest BCUT2D eigenvalue weighted by atomic mass is 9.85. The maximum Gasteiger partial charge on any atom is 0.123 e. The van der Waals surface area contributed by atoms with Crippen LogP contribution in [-0.4, -0.2) is 29.0 Å². The van der Waals surface area contributed by atoms with Crippen molar-refractivity contribution in [3.05, 3.63) is 77.7 Å². The predicted molar refractivity (Wildman–Crippen MR) is 104 cm³/mol. The Morgan fingerprint density at radius 1 is 1.07 bits per heavy atom. The normalized spacial score (nSPS) is 25.6. The van der Waals surface area contributed by atoms with Crippen molar-refractivity contribution in [3.63, 3.8) is 0 Å². The van der Waals surface area contributed by atoms with Crippen LogP contribution in [0.15, 0.2) is 60.8 Å². The highest BCUT2D eigenvalue weighted by molar-refractivity contribution is 5.81. The molecular weight excluding hydrogens is 339 g/mol. The number of benzene rings is 2. The molecule has 0 saturated carbocycles. The van der Waals surface area contributed by atoms with Gasteiger partial charge in [-0.25, -0.2) is 9.82 Å². The second-order valence-electron chi connectivity index (χ2n) is 7.61. The molecule has 2 aliphatic heterocycles. The molecule has 27 heavy (non-hydrogen) atoms. The van der Waals surface area contributed by atoms with Gasteiger partial charge in [0, 0.05) is 43.2 Å². The molecule has 138 valence electrons. The highest BCUT2D eigenvalue weighted by Crippen LogP contribution is 2.34. The first-order valence-corrected chi connectivity index (χ1v) is 9.59. The van der Waals surface area contributed by atoms with E-state index in [1.54, 1.807) is 12.1 Å². The molecule has 0 bridgehead atoms. The maximum atomic E-state index is 13.7. The molecule has 5 heteroatoms. The van der Waals surface area contributed by atoms with Gasteiger partial charge >= 0.3 is 0 Å². The highest BCUT2D eigenvalue weighted by Gasteiger charge is 2.40. The van der Waals surface area contributed by atoms with Crippen molar-refractivity contribution >= 4 is 10.9 Å². The third kappa shape index (κ3) is 3.23. The lowest BCUT2D eigenvalue weighted by Crippen LogP contribution is -2.45. The smallest absolute Gasteiger partial charge is 0.123 e. The van der Waals surface area contributed by atoms with Crippen LogP contribution in [0, 0.1) is 11.7 Å². The number of aromatic nitrogens is 1. The fourth-order valence-electron chi connectivity index (χ4n) is 4.58. The van der Waals surface area contributed by atoms with E-state index in [0.29, 0.717) is 12.0 Å². The quantitative estimate of drug-likeness (QED) is 0.749. The van der Waals surface area contributed by atoms with Crippen molar-refractivity contribution in [2.24, 2.45) is 5.92 Å². The Hall–Kier alpha value is -2.34.